The number of aliphatic hydroxyl groups is 1. The summed E-state index contributed by atoms with van der Waals surface area (Å²) < 4.78 is 36.7. The molecule has 1 rings (SSSR count). The van der Waals surface area contributed by atoms with Gasteiger partial charge in [-0.05, 0) is 12.6 Å². The van der Waals surface area contributed by atoms with Crippen LogP contribution in [0.1, 0.15) is 11.5 Å². The van der Waals surface area contributed by atoms with Crippen molar-refractivity contribution in [2.75, 3.05) is 46.9 Å². The van der Waals surface area contributed by atoms with Crippen LogP contribution < -0.4 is 10.6 Å². The van der Waals surface area contributed by atoms with E-state index in [1.807, 2.05) is 30.3 Å². The summed E-state index contributed by atoms with van der Waals surface area (Å²) in [6.07, 6.45) is -4.20. The van der Waals surface area contributed by atoms with Crippen LogP contribution >= 0.6 is 24.0 Å². The van der Waals surface area contributed by atoms with E-state index >= 15 is 0 Å². The zero-order valence-electron chi connectivity index (χ0n) is 14.4. The summed E-state index contributed by atoms with van der Waals surface area (Å²) in [5, 5.41) is 15.6. The van der Waals surface area contributed by atoms with Gasteiger partial charge in [-0.15, -0.1) is 24.0 Å². The van der Waals surface area contributed by atoms with Crippen molar-refractivity contribution in [1.82, 2.24) is 15.5 Å². The number of nitrogens with one attached hydrogen (secondary N) is 2. The number of benzene rings is 1. The highest BCUT2D eigenvalue weighted by molar-refractivity contribution is 14.0. The molecule has 0 aliphatic heterocycles. The topological polar surface area (TPSA) is 59.9 Å². The van der Waals surface area contributed by atoms with Crippen molar-refractivity contribution < 1.29 is 18.3 Å². The van der Waals surface area contributed by atoms with Crippen molar-refractivity contribution >= 4 is 29.9 Å². The molecule has 1 aromatic carbocycles. The predicted molar refractivity (Wildman–Crippen MR) is 105 cm³/mol. The lowest BCUT2D eigenvalue weighted by atomic mass is 10.0. The van der Waals surface area contributed by atoms with Crippen molar-refractivity contribution in [3.8, 4) is 0 Å². The third kappa shape index (κ3) is 10.5. The van der Waals surface area contributed by atoms with Gasteiger partial charge in [0.1, 0.15) is 0 Å². The molecular weight excluding hydrogens is 448 g/mol. The van der Waals surface area contributed by atoms with Crippen LogP contribution in [0.2, 0.25) is 0 Å². The van der Waals surface area contributed by atoms with Crippen LogP contribution in [-0.2, 0) is 0 Å². The molecule has 0 aliphatic rings. The van der Waals surface area contributed by atoms with Gasteiger partial charge in [0, 0.05) is 32.6 Å². The molecule has 0 bridgehead atoms. The monoisotopic (exact) mass is 474 g/mol. The van der Waals surface area contributed by atoms with Gasteiger partial charge < -0.3 is 15.7 Å². The smallest absolute Gasteiger partial charge is 0.396 e. The molecule has 0 saturated carbocycles. The molecule has 25 heavy (non-hydrogen) atoms. The highest BCUT2D eigenvalue weighted by Crippen LogP contribution is 2.15. The maximum absolute atomic E-state index is 12.2. The second kappa shape index (κ2) is 12.3. The van der Waals surface area contributed by atoms with Crippen molar-refractivity contribution in [3.05, 3.63) is 35.9 Å². The fraction of sp³-hybridized carbons (Fsp3) is 0.562. The third-order valence-corrected chi connectivity index (χ3v) is 3.47. The van der Waals surface area contributed by atoms with E-state index in [2.05, 4.69) is 15.6 Å². The van der Waals surface area contributed by atoms with Gasteiger partial charge in [-0.3, -0.25) is 9.89 Å². The largest absolute Gasteiger partial charge is 0.401 e. The molecule has 0 fully saturated rings. The van der Waals surface area contributed by atoms with E-state index in [0.717, 1.165) is 5.56 Å². The first-order chi connectivity index (χ1) is 11.4. The Bertz CT molecular complexity index is 500. The maximum atomic E-state index is 12.2. The summed E-state index contributed by atoms with van der Waals surface area (Å²) in [6, 6.07) is 9.59. The molecule has 0 heterocycles. The van der Waals surface area contributed by atoms with E-state index in [1.54, 1.807) is 7.05 Å². The zero-order chi connectivity index (χ0) is 18.0. The Labute approximate surface area is 163 Å². The van der Waals surface area contributed by atoms with Crippen LogP contribution in [0.3, 0.4) is 0 Å². The lowest BCUT2D eigenvalue weighted by Gasteiger charge is -2.21. The van der Waals surface area contributed by atoms with Gasteiger partial charge in [-0.1, -0.05) is 30.3 Å². The number of aliphatic imine (C=N–C) groups is 1. The van der Waals surface area contributed by atoms with Gasteiger partial charge in [0.15, 0.2) is 5.96 Å². The van der Waals surface area contributed by atoms with Gasteiger partial charge >= 0.3 is 6.18 Å². The summed E-state index contributed by atoms with van der Waals surface area (Å²) in [7, 11) is 3.01. The van der Waals surface area contributed by atoms with Gasteiger partial charge in [0.25, 0.3) is 0 Å². The molecule has 5 nitrogen and oxygen atoms in total. The minimum atomic E-state index is -4.20. The van der Waals surface area contributed by atoms with Crippen molar-refractivity contribution in [2.24, 2.45) is 4.99 Å². The van der Waals surface area contributed by atoms with E-state index in [1.165, 1.54) is 11.9 Å². The first-order valence-electron chi connectivity index (χ1n) is 7.71. The Morgan fingerprint density at radius 2 is 1.88 bits per heavy atom. The lowest BCUT2D eigenvalue weighted by molar-refractivity contribution is -0.142. The molecule has 0 radical (unpaired) electrons. The van der Waals surface area contributed by atoms with E-state index in [4.69, 9.17) is 0 Å². The Kier molecular flexibility index (Phi) is 11.8. The third-order valence-electron chi connectivity index (χ3n) is 3.47. The number of hydrogen-bond acceptors (Lipinski definition) is 3. The Balaban J connectivity index is 0.00000576. The molecular formula is C16H26F3IN4O. The Morgan fingerprint density at radius 3 is 2.40 bits per heavy atom. The first-order valence-corrected chi connectivity index (χ1v) is 7.71. The van der Waals surface area contributed by atoms with Gasteiger partial charge in [-0.2, -0.15) is 13.2 Å². The van der Waals surface area contributed by atoms with E-state index in [9.17, 15) is 18.3 Å². The molecule has 144 valence electrons. The average molecular weight is 474 g/mol. The summed E-state index contributed by atoms with van der Waals surface area (Å²) in [6.45, 7) is 0.0892. The molecule has 0 aromatic heterocycles. The van der Waals surface area contributed by atoms with Crippen LogP contribution in [0.25, 0.3) is 0 Å². The fourth-order valence-electron chi connectivity index (χ4n) is 2.20. The number of likely N-dealkylation sites (N-methyl/N-ethyl adjacent to an activating group) is 1. The number of hydrogen-bond donors (Lipinski definition) is 3. The predicted octanol–water partition coefficient (Wildman–Crippen LogP) is 2.04. The molecule has 1 unspecified atom stereocenters. The quantitative estimate of drug-likeness (QED) is 0.307. The maximum Gasteiger partial charge on any atom is 0.401 e. The number of halogens is 4. The molecule has 0 saturated heterocycles. The molecule has 0 amide bonds. The molecule has 3 N–H and O–H groups in total. The number of alkyl halides is 3. The average Bonchev–Trinajstić information content (AvgIpc) is 2.53. The van der Waals surface area contributed by atoms with E-state index < -0.39 is 12.7 Å². The Morgan fingerprint density at radius 1 is 1.24 bits per heavy atom. The highest BCUT2D eigenvalue weighted by Gasteiger charge is 2.28. The van der Waals surface area contributed by atoms with Gasteiger partial charge in [-0.25, -0.2) is 0 Å². The van der Waals surface area contributed by atoms with Crippen molar-refractivity contribution in [1.29, 1.82) is 0 Å². The standard InChI is InChI=1S/C16H25F3N4O.HI/c1-20-15(21-8-9-23(2)12-16(17,18)19)22-10-14(11-24)13-6-4-3-5-7-13;/h3-7,14,24H,8-12H2,1-2H3,(H2,20,21,22);1H. The lowest BCUT2D eigenvalue weighted by Crippen LogP contribution is -2.43. The summed E-state index contributed by atoms with van der Waals surface area (Å²) in [4.78, 5) is 5.23. The SMILES string of the molecule is CN=C(NCCN(C)CC(F)(F)F)NCC(CO)c1ccccc1.I. The van der Waals surface area contributed by atoms with Gasteiger partial charge in [0.2, 0.25) is 0 Å². The number of nitrogens with zero attached hydrogens (tertiary/aromatic N) is 2. The second-order valence-corrected chi connectivity index (χ2v) is 5.52. The minimum absolute atomic E-state index is 0. The van der Waals surface area contributed by atoms with Crippen LogP contribution in [0.4, 0.5) is 13.2 Å². The minimum Gasteiger partial charge on any atom is -0.396 e. The second-order valence-electron chi connectivity index (χ2n) is 5.52. The van der Waals surface area contributed by atoms with E-state index in [0.29, 0.717) is 19.0 Å². The summed E-state index contributed by atoms with van der Waals surface area (Å²) in [5.74, 6) is 0.405. The van der Waals surface area contributed by atoms with Crippen molar-refractivity contribution in [2.45, 2.75) is 12.1 Å². The van der Waals surface area contributed by atoms with Crippen molar-refractivity contribution in [3.63, 3.8) is 0 Å². The van der Waals surface area contributed by atoms with Crippen LogP contribution in [0, 0.1) is 0 Å². The van der Waals surface area contributed by atoms with Gasteiger partial charge in [0.05, 0.1) is 13.2 Å². The van der Waals surface area contributed by atoms with E-state index in [-0.39, 0.29) is 43.0 Å². The first kappa shape index (κ1) is 23.9. The summed E-state index contributed by atoms with van der Waals surface area (Å²) >= 11 is 0. The summed E-state index contributed by atoms with van der Waals surface area (Å²) in [5.41, 5.74) is 1.01. The molecule has 0 spiro atoms. The van der Waals surface area contributed by atoms with Crippen LogP contribution in [0.5, 0.6) is 0 Å². The molecule has 1 aromatic rings. The number of guanidine groups is 1. The zero-order valence-corrected chi connectivity index (χ0v) is 16.7. The number of aliphatic hydroxyl groups excluding tert-OH is 1. The highest BCUT2D eigenvalue weighted by atomic mass is 127. The van der Waals surface area contributed by atoms with Crippen LogP contribution in [-0.4, -0.2) is 69.0 Å². The Hall–Kier alpha value is -1.07. The molecule has 0 aliphatic carbocycles. The van der Waals surface area contributed by atoms with Crippen LogP contribution in [0.15, 0.2) is 35.3 Å². The fourth-order valence-corrected chi connectivity index (χ4v) is 2.20. The molecule has 9 heteroatoms. The normalized spacial score (nSPS) is 13.3. The molecule has 1 atom stereocenters. The number of rotatable bonds is 8.